The van der Waals surface area contributed by atoms with Crippen molar-refractivity contribution in [1.29, 1.82) is 0 Å². The van der Waals surface area contributed by atoms with Crippen molar-refractivity contribution in [3.63, 3.8) is 0 Å². The van der Waals surface area contributed by atoms with Crippen molar-refractivity contribution in [2.75, 3.05) is 0 Å². The van der Waals surface area contributed by atoms with E-state index in [2.05, 4.69) is 15.1 Å². The Morgan fingerprint density at radius 1 is 1.08 bits per heavy atom. The van der Waals surface area contributed by atoms with E-state index < -0.39 is 0 Å². The minimum absolute atomic E-state index is 0.303. The van der Waals surface area contributed by atoms with Gasteiger partial charge in [0.15, 0.2) is 5.65 Å². The molecular weight excluding hydrogens is 328 g/mol. The first-order valence-corrected chi connectivity index (χ1v) is 8.48. The summed E-state index contributed by atoms with van der Waals surface area (Å²) in [5.41, 5.74) is 4.60. The van der Waals surface area contributed by atoms with E-state index in [1.807, 2.05) is 64.2 Å². The maximum Gasteiger partial charge on any atom is 0.226 e. The van der Waals surface area contributed by atoms with Crippen LogP contribution in [0, 0.1) is 20.8 Å². The second-order valence-electron chi connectivity index (χ2n) is 6.36. The predicted molar refractivity (Wildman–Crippen MR) is 99.0 cm³/mol. The van der Waals surface area contributed by atoms with Gasteiger partial charge in [-0.2, -0.15) is 10.1 Å². The molecule has 0 aliphatic rings. The van der Waals surface area contributed by atoms with Gasteiger partial charge in [-0.25, -0.2) is 4.98 Å². The largest absolute Gasteiger partial charge is 0.471 e. The van der Waals surface area contributed by atoms with Crippen LogP contribution in [0.1, 0.15) is 22.7 Å². The van der Waals surface area contributed by atoms with Crippen molar-refractivity contribution in [3.8, 4) is 17.3 Å². The van der Waals surface area contributed by atoms with E-state index in [0.717, 1.165) is 39.3 Å². The summed E-state index contributed by atoms with van der Waals surface area (Å²) in [6.45, 7) is 6.23. The fourth-order valence-electron chi connectivity index (χ4n) is 3.11. The number of oxazole rings is 1. The van der Waals surface area contributed by atoms with Gasteiger partial charge in [-0.05, 0) is 38.5 Å². The summed E-state index contributed by atoms with van der Waals surface area (Å²) in [5, 5.41) is 5.51. The molecule has 3 aromatic heterocycles. The molecule has 6 heteroatoms. The van der Waals surface area contributed by atoms with Crippen LogP contribution in [-0.4, -0.2) is 19.7 Å². The van der Waals surface area contributed by atoms with Crippen molar-refractivity contribution >= 4 is 11.0 Å². The molecule has 0 aliphatic carbocycles. The molecule has 0 fully saturated rings. The van der Waals surface area contributed by atoms with Gasteiger partial charge in [0, 0.05) is 24.1 Å². The molecule has 0 saturated heterocycles. The van der Waals surface area contributed by atoms with Crippen molar-refractivity contribution < 1.29 is 9.15 Å². The maximum absolute atomic E-state index is 5.90. The number of nitrogens with zero attached hydrogens (tertiary/aromatic N) is 4. The highest BCUT2D eigenvalue weighted by atomic mass is 16.5. The molecule has 0 unspecified atom stereocenters. The molecule has 4 aromatic rings. The molecule has 0 saturated carbocycles. The molecule has 0 bridgehead atoms. The lowest BCUT2D eigenvalue weighted by Gasteiger charge is -2.06. The first-order valence-electron chi connectivity index (χ1n) is 8.48. The summed E-state index contributed by atoms with van der Waals surface area (Å²) in [4.78, 5) is 9.15. The number of aryl methyl sites for hydroxylation is 4. The average Bonchev–Trinajstić information content (AvgIpc) is 3.14. The van der Waals surface area contributed by atoms with E-state index >= 15 is 0 Å². The van der Waals surface area contributed by atoms with Crippen molar-refractivity contribution in [2.45, 2.75) is 27.4 Å². The Balaban J connectivity index is 1.59. The zero-order chi connectivity index (χ0) is 18.3. The van der Waals surface area contributed by atoms with E-state index in [1.54, 1.807) is 4.68 Å². The molecule has 0 atom stereocenters. The number of pyridine rings is 1. The van der Waals surface area contributed by atoms with Gasteiger partial charge in [0.1, 0.15) is 18.1 Å². The molecule has 3 heterocycles. The monoisotopic (exact) mass is 348 g/mol. The normalized spacial score (nSPS) is 11.2. The Bertz CT molecular complexity index is 1080. The fourth-order valence-corrected chi connectivity index (χ4v) is 3.11. The molecule has 6 nitrogen and oxygen atoms in total. The lowest BCUT2D eigenvalue weighted by molar-refractivity contribution is 0.288. The molecule has 132 valence electrons. The number of benzene rings is 1. The van der Waals surface area contributed by atoms with Gasteiger partial charge in [0.2, 0.25) is 11.8 Å². The first kappa shape index (κ1) is 16.3. The molecule has 0 aliphatic heterocycles. The number of ether oxygens (including phenoxy) is 1. The van der Waals surface area contributed by atoms with E-state index in [9.17, 15) is 0 Å². The van der Waals surface area contributed by atoms with Crippen LogP contribution in [0.15, 0.2) is 40.8 Å². The summed E-state index contributed by atoms with van der Waals surface area (Å²) < 4.78 is 13.5. The highest BCUT2D eigenvalue weighted by molar-refractivity contribution is 5.82. The third-order valence-corrected chi connectivity index (χ3v) is 4.41. The maximum atomic E-state index is 5.90. The summed E-state index contributed by atoms with van der Waals surface area (Å²) in [6, 6.07) is 11.8. The number of fused-ring (bicyclic) bond motifs is 1. The van der Waals surface area contributed by atoms with Crippen LogP contribution in [0.3, 0.4) is 0 Å². The number of hydrogen-bond donors (Lipinski definition) is 0. The summed E-state index contributed by atoms with van der Waals surface area (Å²) >= 11 is 0. The second-order valence-corrected chi connectivity index (χ2v) is 6.36. The van der Waals surface area contributed by atoms with Crippen LogP contribution >= 0.6 is 0 Å². The van der Waals surface area contributed by atoms with Gasteiger partial charge in [-0.15, -0.1) is 0 Å². The highest BCUT2D eigenvalue weighted by Gasteiger charge is 2.14. The van der Waals surface area contributed by atoms with Gasteiger partial charge in [0.05, 0.1) is 5.69 Å². The van der Waals surface area contributed by atoms with Crippen LogP contribution in [0.25, 0.3) is 22.5 Å². The Hall–Kier alpha value is -3.15. The topological polar surface area (TPSA) is 66.0 Å². The predicted octanol–water partition coefficient (Wildman–Crippen LogP) is 4.13. The lowest BCUT2D eigenvalue weighted by Crippen LogP contribution is -2.01. The SMILES string of the molecule is Cc1oc(-c2ccccc2)nc1COc1cc(C)c2c(C)nn(C)c2n1. The van der Waals surface area contributed by atoms with Crippen LogP contribution in [0.5, 0.6) is 5.88 Å². The minimum atomic E-state index is 0.303. The molecule has 0 radical (unpaired) electrons. The average molecular weight is 348 g/mol. The standard InChI is InChI=1S/C20H20N4O2/c1-12-10-17(22-19-18(12)13(2)23-24(19)4)25-11-16-14(3)26-20(21-16)15-8-6-5-7-9-15/h5-10H,11H2,1-4H3. The Labute approximate surface area is 151 Å². The van der Waals surface area contributed by atoms with Crippen LogP contribution in [0.2, 0.25) is 0 Å². The molecular formula is C20H20N4O2. The number of rotatable bonds is 4. The van der Waals surface area contributed by atoms with Crippen LogP contribution < -0.4 is 4.74 Å². The van der Waals surface area contributed by atoms with Gasteiger partial charge in [-0.3, -0.25) is 4.68 Å². The van der Waals surface area contributed by atoms with E-state index in [0.29, 0.717) is 18.4 Å². The molecule has 0 spiro atoms. The van der Waals surface area contributed by atoms with Crippen LogP contribution in [0.4, 0.5) is 0 Å². The quantitative estimate of drug-likeness (QED) is 0.555. The number of aromatic nitrogens is 4. The third kappa shape index (κ3) is 2.83. The molecule has 4 rings (SSSR count). The zero-order valence-corrected chi connectivity index (χ0v) is 15.3. The summed E-state index contributed by atoms with van der Waals surface area (Å²) in [7, 11) is 1.89. The third-order valence-electron chi connectivity index (χ3n) is 4.41. The van der Waals surface area contributed by atoms with Gasteiger partial charge < -0.3 is 9.15 Å². The van der Waals surface area contributed by atoms with Gasteiger partial charge >= 0.3 is 0 Å². The van der Waals surface area contributed by atoms with Gasteiger partial charge in [0.25, 0.3) is 0 Å². The van der Waals surface area contributed by atoms with E-state index in [1.165, 1.54) is 0 Å². The molecule has 26 heavy (non-hydrogen) atoms. The smallest absolute Gasteiger partial charge is 0.226 e. The zero-order valence-electron chi connectivity index (χ0n) is 15.3. The minimum Gasteiger partial charge on any atom is -0.471 e. The molecule has 0 N–H and O–H groups in total. The fraction of sp³-hybridized carbons (Fsp3) is 0.250. The second kappa shape index (κ2) is 6.29. The Kier molecular flexibility index (Phi) is 3.95. The summed E-state index contributed by atoms with van der Waals surface area (Å²) in [5.74, 6) is 1.91. The summed E-state index contributed by atoms with van der Waals surface area (Å²) in [6.07, 6.45) is 0. The van der Waals surface area contributed by atoms with E-state index in [-0.39, 0.29) is 0 Å². The number of hydrogen-bond acceptors (Lipinski definition) is 5. The molecule has 0 amide bonds. The Morgan fingerprint density at radius 2 is 1.85 bits per heavy atom. The van der Waals surface area contributed by atoms with E-state index in [4.69, 9.17) is 9.15 Å². The van der Waals surface area contributed by atoms with Crippen LogP contribution in [-0.2, 0) is 13.7 Å². The highest BCUT2D eigenvalue weighted by Crippen LogP contribution is 2.25. The Morgan fingerprint density at radius 3 is 2.62 bits per heavy atom. The first-order chi connectivity index (χ1) is 12.5. The van der Waals surface area contributed by atoms with Gasteiger partial charge in [-0.1, -0.05) is 18.2 Å². The van der Waals surface area contributed by atoms with Crippen molar-refractivity contribution in [2.24, 2.45) is 7.05 Å². The lowest BCUT2D eigenvalue weighted by atomic mass is 10.2. The molecule has 1 aromatic carbocycles. The van der Waals surface area contributed by atoms with Crippen molar-refractivity contribution in [1.82, 2.24) is 19.7 Å². The van der Waals surface area contributed by atoms with Crippen molar-refractivity contribution in [3.05, 3.63) is 59.1 Å².